The fraction of sp³-hybridized carbons (Fsp3) is 0.267. The van der Waals surface area contributed by atoms with Gasteiger partial charge in [0, 0.05) is 12.8 Å². The summed E-state index contributed by atoms with van der Waals surface area (Å²) in [5.41, 5.74) is 8.03. The van der Waals surface area contributed by atoms with Crippen molar-refractivity contribution in [3.05, 3.63) is 59.8 Å². The molecule has 0 aliphatic carbocycles. The highest BCUT2D eigenvalue weighted by molar-refractivity contribution is 5.31. The molecule has 0 amide bonds. The first kappa shape index (κ1) is 12.6. The van der Waals surface area contributed by atoms with Crippen LogP contribution in [0, 0.1) is 0 Å². The SMILES string of the molecule is Nc1cc(COCCCc2ccccc2)ccn1. The lowest BCUT2D eigenvalue weighted by molar-refractivity contribution is 0.118. The molecule has 2 aromatic rings. The van der Waals surface area contributed by atoms with Gasteiger partial charge in [-0.25, -0.2) is 4.98 Å². The molecule has 1 aromatic heterocycles. The third-order valence-corrected chi connectivity index (χ3v) is 2.71. The Bertz CT molecular complexity index is 471. The Morgan fingerprint density at radius 1 is 1.06 bits per heavy atom. The molecule has 0 bridgehead atoms. The van der Waals surface area contributed by atoms with E-state index in [1.807, 2.05) is 18.2 Å². The van der Waals surface area contributed by atoms with Crippen LogP contribution in [0.15, 0.2) is 48.7 Å². The van der Waals surface area contributed by atoms with Crippen LogP contribution in [0.4, 0.5) is 5.82 Å². The quantitative estimate of drug-likeness (QED) is 0.792. The summed E-state index contributed by atoms with van der Waals surface area (Å²) >= 11 is 0. The number of ether oxygens (including phenoxy) is 1. The molecular formula is C15H18N2O. The summed E-state index contributed by atoms with van der Waals surface area (Å²) in [7, 11) is 0. The largest absolute Gasteiger partial charge is 0.384 e. The standard InChI is InChI=1S/C15H18N2O/c16-15-11-14(8-9-17-15)12-18-10-4-7-13-5-2-1-3-6-13/h1-3,5-6,8-9,11H,4,7,10,12H2,(H2,16,17). The van der Waals surface area contributed by atoms with E-state index < -0.39 is 0 Å². The molecule has 0 spiro atoms. The van der Waals surface area contributed by atoms with Gasteiger partial charge in [-0.05, 0) is 36.1 Å². The first-order valence-corrected chi connectivity index (χ1v) is 6.16. The van der Waals surface area contributed by atoms with E-state index in [2.05, 4.69) is 29.2 Å². The highest BCUT2D eigenvalue weighted by Crippen LogP contribution is 2.06. The molecule has 0 atom stereocenters. The second-order valence-corrected chi connectivity index (χ2v) is 4.23. The molecule has 0 unspecified atom stereocenters. The van der Waals surface area contributed by atoms with Crippen molar-refractivity contribution in [2.24, 2.45) is 0 Å². The number of hydrogen-bond donors (Lipinski definition) is 1. The molecule has 3 nitrogen and oxygen atoms in total. The Morgan fingerprint density at radius 3 is 2.67 bits per heavy atom. The van der Waals surface area contributed by atoms with E-state index in [4.69, 9.17) is 10.5 Å². The highest BCUT2D eigenvalue weighted by Gasteiger charge is 1.96. The summed E-state index contributed by atoms with van der Waals surface area (Å²) in [6, 6.07) is 14.2. The number of aryl methyl sites for hydroxylation is 1. The maximum Gasteiger partial charge on any atom is 0.123 e. The molecule has 0 saturated carbocycles. The lowest BCUT2D eigenvalue weighted by Crippen LogP contribution is -1.99. The molecular weight excluding hydrogens is 224 g/mol. The second-order valence-electron chi connectivity index (χ2n) is 4.23. The van der Waals surface area contributed by atoms with Gasteiger partial charge in [-0.15, -0.1) is 0 Å². The number of anilines is 1. The van der Waals surface area contributed by atoms with E-state index in [1.54, 1.807) is 6.20 Å². The van der Waals surface area contributed by atoms with Gasteiger partial charge >= 0.3 is 0 Å². The Labute approximate surface area is 108 Å². The third kappa shape index (κ3) is 4.18. The van der Waals surface area contributed by atoms with E-state index in [0.717, 1.165) is 25.0 Å². The van der Waals surface area contributed by atoms with Crippen molar-refractivity contribution in [1.82, 2.24) is 4.98 Å². The lowest BCUT2D eigenvalue weighted by atomic mass is 10.1. The molecule has 2 N–H and O–H groups in total. The second kappa shape index (κ2) is 6.77. The molecule has 1 aromatic carbocycles. The Morgan fingerprint density at radius 2 is 1.89 bits per heavy atom. The van der Waals surface area contributed by atoms with Gasteiger partial charge in [0.1, 0.15) is 5.82 Å². The van der Waals surface area contributed by atoms with Gasteiger partial charge in [-0.1, -0.05) is 30.3 Å². The topological polar surface area (TPSA) is 48.1 Å². The van der Waals surface area contributed by atoms with Crippen molar-refractivity contribution in [2.75, 3.05) is 12.3 Å². The van der Waals surface area contributed by atoms with Crippen molar-refractivity contribution in [3.63, 3.8) is 0 Å². The summed E-state index contributed by atoms with van der Waals surface area (Å²) in [6.07, 6.45) is 3.79. The number of hydrogen-bond acceptors (Lipinski definition) is 3. The normalized spacial score (nSPS) is 10.4. The number of benzene rings is 1. The molecule has 18 heavy (non-hydrogen) atoms. The molecule has 0 fully saturated rings. The molecule has 0 aliphatic heterocycles. The van der Waals surface area contributed by atoms with Gasteiger partial charge < -0.3 is 10.5 Å². The Balaban J connectivity index is 1.65. The van der Waals surface area contributed by atoms with Gasteiger partial charge in [0.2, 0.25) is 0 Å². The average molecular weight is 242 g/mol. The smallest absolute Gasteiger partial charge is 0.123 e. The van der Waals surface area contributed by atoms with E-state index >= 15 is 0 Å². The van der Waals surface area contributed by atoms with Crippen molar-refractivity contribution in [3.8, 4) is 0 Å². The highest BCUT2D eigenvalue weighted by atomic mass is 16.5. The van der Waals surface area contributed by atoms with E-state index in [9.17, 15) is 0 Å². The maximum atomic E-state index is 5.61. The van der Waals surface area contributed by atoms with Crippen LogP contribution in [0.2, 0.25) is 0 Å². The number of pyridine rings is 1. The van der Waals surface area contributed by atoms with Gasteiger partial charge in [-0.3, -0.25) is 0 Å². The molecule has 3 heteroatoms. The van der Waals surface area contributed by atoms with Crippen LogP contribution in [-0.2, 0) is 17.8 Å². The summed E-state index contributed by atoms with van der Waals surface area (Å²) in [6.45, 7) is 1.36. The predicted molar refractivity (Wildman–Crippen MR) is 73.1 cm³/mol. The van der Waals surface area contributed by atoms with E-state index in [1.165, 1.54) is 5.56 Å². The summed E-state index contributed by atoms with van der Waals surface area (Å²) in [5.74, 6) is 0.542. The summed E-state index contributed by atoms with van der Waals surface area (Å²) in [5, 5.41) is 0. The van der Waals surface area contributed by atoms with Gasteiger partial charge in [0.25, 0.3) is 0 Å². The Kier molecular flexibility index (Phi) is 4.73. The maximum absolute atomic E-state index is 5.61. The fourth-order valence-corrected chi connectivity index (χ4v) is 1.80. The van der Waals surface area contributed by atoms with Crippen LogP contribution in [-0.4, -0.2) is 11.6 Å². The van der Waals surface area contributed by atoms with Crippen molar-refractivity contribution >= 4 is 5.82 Å². The van der Waals surface area contributed by atoms with Crippen LogP contribution in [0.25, 0.3) is 0 Å². The number of aromatic nitrogens is 1. The van der Waals surface area contributed by atoms with Crippen molar-refractivity contribution in [1.29, 1.82) is 0 Å². The summed E-state index contributed by atoms with van der Waals surface area (Å²) < 4.78 is 5.61. The van der Waals surface area contributed by atoms with Crippen molar-refractivity contribution < 1.29 is 4.74 Å². The number of nitrogen functional groups attached to an aromatic ring is 1. The molecule has 1 heterocycles. The number of nitrogens with zero attached hydrogens (tertiary/aromatic N) is 1. The average Bonchev–Trinajstić information content (AvgIpc) is 2.40. The molecule has 2 rings (SSSR count). The van der Waals surface area contributed by atoms with Crippen LogP contribution < -0.4 is 5.73 Å². The monoisotopic (exact) mass is 242 g/mol. The molecule has 0 saturated heterocycles. The lowest BCUT2D eigenvalue weighted by Gasteiger charge is -2.05. The van der Waals surface area contributed by atoms with Gasteiger partial charge in [-0.2, -0.15) is 0 Å². The van der Waals surface area contributed by atoms with E-state index in [0.29, 0.717) is 12.4 Å². The number of nitrogens with two attached hydrogens (primary N) is 1. The third-order valence-electron chi connectivity index (χ3n) is 2.71. The minimum atomic E-state index is 0.542. The minimum Gasteiger partial charge on any atom is -0.384 e. The molecule has 0 radical (unpaired) electrons. The van der Waals surface area contributed by atoms with E-state index in [-0.39, 0.29) is 0 Å². The van der Waals surface area contributed by atoms with Crippen LogP contribution in [0.1, 0.15) is 17.5 Å². The first-order valence-electron chi connectivity index (χ1n) is 6.16. The fourth-order valence-electron chi connectivity index (χ4n) is 1.80. The number of rotatable bonds is 6. The predicted octanol–water partition coefficient (Wildman–Crippen LogP) is 2.81. The first-order chi connectivity index (χ1) is 8.84. The zero-order valence-corrected chi connectivity index (χ0v) is 10.4. The Hall–Kier alpha value is -1.87. The van der Waals surface area contributed by atoms with Gasteiger partial charge in [0.05, 0.1) is 6.61 Å². The zero-order valence-electron chi connectivity index (χ0n) is 10.4. The molecule has 0 aliphatic rings. The summed E-state index contributed by atoms with van der Waals surface area (Å²) in [4.78, 5) is 3.95. The van der Waals surface area contributed by atoms with Crippen molar-refractivity contribution in [2.45, 2.75) is 19.4 Å². The van der Waals surface area contributed by atoms with Crippen LogP contribution >= 0.6 is 0 Å². The van der Waals surface area contributed by atoms with Crippen LogP contribution in [0.5, 0.6) is 0 Å². The molecule has 94 valence electrons. The van der Waals surface area contributed by atoms with Gasteiger partial charge in [0.15, 0.2) is 0 Å². The minimum absolute atomic E-state index is 0.542. The van der Waals surface area contributed by atoms with Crippen LogP contribution in [0.3, 0.4) is 0 Å². The zero-order chi connectivity index (χ0) is 12.6.